The van der Waals surface area contributed by atoms with Gasteiger partial charge in [-0.05, 0) is 19.1 Å². The van der Waals surface area contributed by atoms with E-state index in [1.54, 1.807) is 4.90 Å². The van der Waals surface area contributed by atoms with Gasteiger partial charge < -0.3 is 15.0 Å². The van der Waals surface area contributed by atoms with Gasteiger partial charge >= 0.3 is 6.03 Å². The maximum Gasteiger partial charge on any atom is 0.324 e. The molecule has 0 saturated carbocycles. The molecule has 2 fully saturated rings. The summed E-state index contributed by atoms with van der Waals surface area (Å²) in [4.78, 5) is 37.8. The summed E-state index contributed by atoms with van der Waals surface area (Å²) in [6.45, 7) is 2.71. The molecule has 0 aromatic heterocycles. The molecule has 22 heavy (non-hydrogen) atoms. The largest absolute Gasteiger partial charge is 0.484 e. The Hall–Kier alpha value is -2.57. The Morgan fingerprint density at radius 2 is 1.95 bits per heavy atom. The first-order chi connectivity index (χ1) is 10.5. The van der Waals surface area contributed by atoms with Crippen molar-refractivity contribution >= 4 is 17.8 Å². The lowest BCUT2D eigenvalue weighted by atomic mass is 10.1. The molecule has 1 aromatic rings. The third-order valence-corrected chi connectivity index (χ3v) is 3.84. The van der Waals surface area contributed by atoms with Crippen molar-refractivity contribution in [1.82, 2.24) is 15.1 Å². The Morgan fingerprint density at radius 1 is 1.27 bits per heavy atom. The van der Waals surface area contributed by atoms with Crippen LogP contribution in [0.3, 0.4) is 0 Å². The molecule has 7 nitrogen and oxygen atoms in total. The summed E-state index contributed by atoms with van der Waals surface area (Å²) in [5.74, 6) is 0.256. The average molecular weight is 303 g/mol. The van der Waals surface area contributed by atoms with Gasteiger partial charge in [-0.25, -0.2) is 4.79 Å². The van der Waals surface area contributed by atoms with Crippen LogP contribution in [0.4, 0.5) is 4.79 Å². The number of likely N-dealkylation sites (tertiary alicyclic amines) is 1. The first kappa shape index (κ1) is 14.4. The number of imide groups is 1. The van der Waals surface area contributed by atoms with Crippen molar-refractivity contribution in [2.24, 2.45) is 0 Å². The third-order valence-electron chi connectivity index (χ3n) is 3.84. The van der Waals surface area contributed by atoms with E-state index in [0.29, 0.717) is 18.8 Å². The number of rotatable bonds is 4. The fourth-order valence-electron chi connectivity index (χ4n) is 2.50. The number of ether oxygens (including phenoxy) is 1. The lowest BCUT2D eigenvalue weighted by molar-refractivity contribution is -0.143. The van der Waals surface area contributed by atoms with Gasteiger partial charge in [0.1, 0.15) is 5.75 Å². The Labute approximate surface area is 127 Å². The van der Waals surface area contributed by atoms with Crippen molar-refractivity contribution in [3.05, 3.63) is 29.8 Å². The van der Waals surface area contributed by atoms with Gasteiger partial charge in [0.15, 0.2) is 6.61 Å². The van der Waals surface area contributed by atoms with Gasteiger partial charge in [-0.3, -0.25) is 14.5 Å². The van der Waals surface area contributed by atoms with Gasteiger partial charge in [0.2, 0.25) is 5.91 Å². The summed E-state index contributed by atoms with van der Waals surface area (Å²) >= 11 is 0. The van der Waals surface area contributed by atoms with E-state index in [2.05, 4.69) is 5.32 Å². The molecule has 3 rings (SSSR count). The lowest BCUT2D eigenvalue weighted by Crippen LogP contribution is -2.63. The van der Waals surface area contributed by atoms with Crippen molar-refractivity contribution in [2.75, 3.05) is 26.2 Å². The van der Waals surface area contributed by atoms with Gasteiger partial charge in [0.25, 0.3) is 5.91 Å². The predicted octanol–water partition coefficient (Wildman–Crippen LogP) is 0.136. The smallest absolute Gasteiger partial charge is 0.324 e. The number of aryl methyl sites for hydroxylation is 1. The number of amides is 4. The first-order valence-corrected chi connectivity index (χ1v) is 7.12. The van der Waals surface area contributed by atoms with E-state index < -0.39 is 0 Å². The fourth-order valence-corrected chi connectivity index (χ4v) is 2.50. The monoisotopic (exact) mass is 303 g/mol. The quantitative estimate of drug-likeness (QED) is 0.802. The minimum absolute atomic E-state index is 0.0415. The molecule has 0 radical (unpaired) electrons. The van der Waals surface area contributed by atoms with E-state index in [-0.39, 0.29) is 37.0 Å². The van der Waals surface area contributed by atoms with Gasteiger partial charge in [-0.1, -0.05) is 17.7 Å². The van der Waals surface area contributed by atoms with Crippen molar-refractivity contribution in [1.29, 1.82) is 0 Å². The highest BCUT2D eigenvalue weighted by Crippen LogP contribution is 2.18. The number of nitrogens with one attached hydrogen (secondary N) is 1. The van der Waals surface area contributed by atoms with Crippen LogP contribution < -0.4 is 10.1 Å². The molecule has 2 aliphatic heterocycles. The number of hydrogen-bond acceptors (Lipinski definition) is 4. The second-order valence-corrected chi connectivity index (χ2v) is 5.48. The molecule has 0 aliphatic carbocycles. The fraction of sp³-hybridized carbons (Fsp3) is 0.400. The normalized spacial score (nSPS) is 18.2. The number of carbonyl (C=O) groups excluding carboxylic acids is 3. The zero-order valence-corrected chi connectivity index (χ0v) is 12.2. The molecular formula is C15H17N3O4. The van der Waals surface area contributed by atoms with E-state index in [1.165, 1.54) is 4.90 Å². The second-order valence-electron chi connectivity index (χ2n) is 5.48. The molecule has 7 heteroatoms. The van der Waals surface area contributed by atoms with Crippen molar-refractivity contribution < 1.29 is 19.1 Å². The standard InChI is InChI=1S/C15H17N3O4/c1-10-2-4-12(5-3-10)22-9-14(20)17-7-11(8-17)18-13(19)6-16-15(18)21/h2-5,11H,6-9H2,1H3,(H,16,21). The summed E-state index contributed by atoms with van der Waals surface area (Å²) < 4.78 is 5.43. The summed E-state index contributed by atoms with van der Waals surface area (Å²) in [7, 11) is 0. The number of nitrogens with zero attached hydrogens (tertiary/aromatic N) is 2. The Bertz CT molecular complexity index is 592. The SMILES string of the molecule is Cc1ccc(OCC(=O)N2CC(N3C(=O)CNC3=O)C2)cc1. The van der Waals surface area contributed by atoms with E-state index in [1.807, 2.05) is 31.2 Å². The Morgan fingerprint density at radius 3 is 2.55 bits per heavy atom. The maximum atomic E-state index is 12.0. The minimum atomic E-state index is -0.377. The van der Waals surface area contributed by atoms with Crippen LogP contribution >= 0.6 is 0 Å². The molecule has 0 bridgehead atoms. The van der Waals surface area contributed by atoms with Crippen molar-refractivity contribution in [3.63, 3.8) is 0 Å². The minimum Gasteiger partial charge on any atom is -0.484 e. The Balaban J connectivity index is 1.46. The molecule has 2 heterocycles. The van der Waals surface area contributed by atoms with Crippen LogP contribution in [-0.2, 0) is 9.59 Å². The molecule has 0 spiro atoms. The van der Waals surface area contributed by atoms with Crippen molar-refractivity contribution in [2.45, 2.75) is 13.0 Å². The molecule has 0 atom stereocenters. The summed E-state index contributed by atoms with van der Waals surface area (Å²) in [5.41, 5.74) is 1.12. The number of hydrogen-bond donors (Lipinski definition) is 1. The number of carbonyl (C=O) groups is 3. The van der Waals surface area contributed by atoms with Crippen LogP contribution in [0.25, 0.3) is 0 Å². The molecule has 0 unspecified atom stereocenters. The lowest BCUT2D eigenvalue weighted by Gasteiger charge is -2.42. The molecule has 2 aliphatic rings. The Kier molecular flexibility index (Phi) is 3.70. The van der Waals surface area contributed by atoms with Crippen LogP contribution in [0, 0.1) is 6.92 Å². The summed E-state index contributed by atoms with van der Waals surface area (Å²) in [6, 6.07) is 6.86. The first-order valence-electron chi connectivity index (χ1n) is 7.12. The van der Waals surface area contributed by atoms with Gasteiger partial charge in [-0.15, -0.1) is 0 Å². The van der Waals surface area contributed by atoms with Gasteiger partial charge in [-0.2, -0.15) is 0 Å². The van der Waals surface area contributed by atoms with Crippen molar-refractivity contribution in [3.8, 4) is 5.75 Å². The van der Waals surface area contributed by atoms with E-state index in [4.69, 9.17) is 4.74 Å². The molecule has 1 aromatic carbocycles. The highest BCUT2D eigenvalue weighted by Gasteiger charge is 2.42. The highest BCUT2D eigenvalue weighted by atomic mass is 16.5. The molecule has 4 amide bonds. The second kappa shape index (κ2) is 5.67. The molecule has 2 saturated heterocycles. The zero-order chi connectivity index (χ0) is 15.7. The number of urea groups is 1. The van der Waals surface area contributed by atoms with Gasteiger partial charge in [0.05, 0.1) is 12.6 Å². The molecule has 116 valence electrons. The van der Waals surface area contributed by atoms with E-state index in [0.717, 1.165) is 5.56 Å². The van der Waals surface area contributed by atoms with E-state index in [9.17, 15) is 14.4 Å². The van der Waals surface area contributed by atoms with Crippen LogP contribution in [-0.4, -0.2) is 59.9 Å². The van der Waals surface area contributed by atoms with Crippen LogP contribution in [0.5, 0.6) is 5.75 Å². The molecular weight excluding hydrogens is 286 g/mol. The summed E-state index contributed by atoms with van der Waals surface area (Å²) in [6.07, 6.45) is 0. The number of benzene rings is 1. The summed E-state index contributed by atoms with van der Waals surface area (Å²) in [5, 5.41) is 2.47. The third kappa shape index (κ3) is 2.74. The van der Waals surface area contributed by atoms with Crippen LogP contribution in [0.2, 0.25) is 0 Å². The van der Waals surface area contributed by atoms with Crippen LogP contribution in [0.1, 0.15) is 5.56 Å². The molecule has 1 N–H and O–H groups in total. The predicted molar refractivity (Wildman–Crippen MR) is 77.3 cm³/mol. The highest BCUT2D eigenvalue weighted by molar-refractivity contribution is 6.02. The zero-order valence-electron chi connectivity index (χ0n) is 12.2. The maximum absolute atomic E-state index is 12.0. The van der Waals surface area contributed by atoms with Crippen LogP contribution in [0.15, 0.2) is 24.3 Å². The topological polar surface area (TPSA) is 79.0 Å². The van der Waals surface area contributed by atoms with Gasteiger partial charge in [0, 0.05) is 13.1 Å². The average Bonchev–Trinajstić information content (AvgIpc) is 2.77. The van der Waals surface area contributed by atoms with E-state index >= 15 is 0 Å².